The zero-order valence-electron chi connectivity index (χ0n) is 13.1. The van der Waals surface area contributed by atoms with Crippen molar-refractivity contribution in [2.75, 3.05) is 37.0 Å². The Morgan fingerprint density at radius 2 is 2.00 bits per heavy atom. The zero-order chi connectivity index (χ0) is 16.2. The lowest BCUT2D eigenvalue weighted by Gasteiger charge is -2.26. The fourth-order valence-electron chi connectivity index (χ4n) is 3.25. The second kappa shape index (κ2) is 7.20. The maximum absolute atomic E-state index is 11.1. The van der Waals surface area contributed by atoms with E-state index < -0.39 is 0 Å². The Balaban J connectivity index is 2.04. The van der Waals surface area contributed by atoms with E-state index in [4.69, 9.17) is 10.5 Å². The molecular formula is C16H21N4O2S+. The first-order valence-electron chi connectivity index (χ1n) is 7.95. The summed E-state index contributed by atoms with van der Waals surface area (Å²) >= 11 is 1.32. The van der Waals surface area contributed by atoms with Gasteiger partial charge in [0.1, 0.15) is 24.7 Å². The maximum Gasteiger partial charge on any atom is 0.278 e. The van der Waals surface area contributed by atoms with Gasteiger partial charge in [-0.05, 0) is 31.2 Å². The number of morpholine rings is 1. The molecule has 3 N–H and O–H groups in total. The summed E-state index contributed by atoms with van der Waals surface area (Å²) in [6.45, 7) is 3.11. The number of rotatable bonds is 4. The van der Waals surface area contributed by atoms with E-state index in [2.05, 4.69) is 16.0 Å². The Morgan fingerprint density at radius 1 is 1.30 bits per heavy atom. The Kier molecular flexibility index (Phi) is 5.03. The van der Waals surface area contributed by atoms with Crippen LogP contribution in [-0.4, -0.2) is 38.0 Å². The molecule has 1 aliphatic carbocycles. The van der Waals surface area contributed by atoms with Gasteiger partial charge in [-0.15, -0.1) is 0 Å². The summed E-state index contributed by atoms with van der Waals surface area (Å²) in [5.74, 6) is 0.888. The molecule has 1 aromatic rings. The standard InChI is InChI=1S/C16H20N4O2S/c17-9-13-11-3-1-2-4-12(11)15(20-5-7-22-8-6-20)19-16(13)23-10-14(18)21/h1-8,10H2,(H2,18,21)/p+1. The number of amides is 1. The van der Waals surface area contributed by atoms with E-state index in [1.165, 1.54) is 17.3 Å². The van der Waals surface area contributed by atoms with Gasteiger partial charge in [0.25, 0.3) is 5.82 Å². The molecule has 1 amide bonds. The number of fused-ring (bicyclic) bond motifs is 1. The van der Waals surface area contributed by atoms with Gasteiger partial charge in [-0.25, -0.2) is 4.98 Å². The van der Waals surface area contributed by atoms with E-state index in [0.29, 0.717) is 18.8 Å². The van der Waals surface area contributed by atoms with Crippen LogP contribution < -0.4 is 15.6 Å². The minimum Gasteiger partial charge on any atom is -0.373 e. The monoisotopic (exact) mass is 333 g/mol. The summed E-state index contributed by atoms with van der Waals surface area (Å²) in [6, 6.07) is 2.33. The van der Waals surface area contributed by atoms with E-state index in [0.717, 1.165) is 55.2 Å². The van der Waals surface area contributed by atoms with Gasteiger partial charge in [-0.3, -0.25) is 9.69 Å². The van der Waals surface area contributed by atoms with Crippen molar-refractivity contribution in [3.63, 3.8) is 0 Å². The van der Waals surface area contributed by atoms with Crippen LogP contribution >= 0.6 is 11.8 Å². The quantitative estimate of drug-likeness (QED) is 0.817. The lowest BCUT2D eigenvalue weighted by Crippen LogP contribution is -2.41. The number of nitriles is 1. The average Bonchev–Trinajstić information content (AvgIpc) is 2.59. The van der Waals surface area contributed by atoms with Crippen molar-refractivity contribution in [1.29, 1.82) is 5.26 Å². The summed E-state index contributed by atoms with van der Waals surface area (Å²) in [5.41, 5.74) is 8.36. The lowest BCUT2D eigenvalue weighted by molar-refractivity contribution is -0.414. The number of aromatic amines is 1. The minimum atomic E-state index is -0.377. The number of H-pyrrole nitrogens is 1. The maximum atomic E-state index is 11.1. The molecule has 23 heavy (non-hydrogen) atoms. The van der Waals surface area contributed by atoms with Crippen molar-refractivity contribution in [2.24, 2.45) is 5.73 Å². The normalized spacial score (nSPS) is 17.4. The molecule has 1 fully saturated rings. The summed E-state index contributed by atoms with van der Waals surface area (Å²) in [6.07, 6.45) is 4.17. The van der Waals surface area contributed by atoms with Crippen LogP contribution in [0, 0.1) is 11.3 Å². The van der Waals surface area contributed by atoms with Crippen LogP contribution in [-0.2, 0) is 22.4 Å². The number of nitrogens with one attached hydrogen (secondary N) is 1. The molecule has 1 aliphatic heterocycles. The van der Waals surface area contributed by atoms with Crippen LogP contribution in [0.4, 0.5) is 5.82 Å². The second-order valence-corrected chi connectivity index (χ2v) is 6.79. The molecule has 6 nitrogen and oxygen atoms in total. The van der Waals surface area contributed by atoms with E-state index in [9.17, 15) is 10.1 Å². The number of aromatic nitrogens is 1. The van der Waals surface area contributed by atoms with Crippen molar-refractivity contribution in [2.45, 2.75) is 30.7 Å². The number of pyridine rings is 1. The van der Waals surface area contributed by atoms with Gasteiger partial charge in [-0.2, -0.15) is 5.26 Å². The summed E-state index contributed by atoms with van der Waals surface area (Å²) in [4.78, 5) is 16.8. The van der Waals surface area contributed by atoms with E-state index in [-0.39, 0.29) is 11.7 Å². The van der Waals surface area contributed by atoms with E-state index >= 15 is 0 Å². The summed E-state index contributed by atoms with van der Waals surface area (Å²) < 4.78 is 5.45. The Bertz CT molecular complexity index is 650. The number of nitrogens with zero attached hydrogens (tertiary/aromatic N) is 2. The molecule has 0 bridgehead atoms. The van der Waals surface area contributed by atoms with Gasteiger partial charge in [0.05, 0.1) is 19.0 Å². The fourth-order valence-corrected chi connectivity index (χ4v) is 4.02. The first kappa shape index (κ1) is 16.1. The molecule has 0 aromatic carbocycles. The van der Waals surface area contributed by atoms with Gasteiger partial charge in [0.2, 0.25) is 5.91 Å². The van der Waals surface area contributed by atoms with Crippen molar-refractivity contribution >= 4 is 23.5 Å². The average molecular weight is 333 g/mol. The SMILES string of the molecule is N#Cc1c(SCC(N)=O)[nH+]c(N2CCOCC2)c2c1CCCC2. The van der Waals surface area contributed by atoms with Crippen LogP contribution in [0.3, 0.4) is 0 Å². The second-order valence-electron chi connectivity index (χ2n) is 5.81. The Labute approximate surface area is 140 Å². The highest BCUT2D eigenvalue weighted by Gasteiger charge is 2.30. The number of thioether (sulfide) groups is 1. The Morgan fingerprint density at radius 3 is 2.65 bits per heavy atom. The molecule has 2 heterocycles. The van der Waals surface area contributed by atoms with Gasteiger partial charge in [0.15, 0.2) is 5.03 Å². The van der Waals surface area contributed by atoms with Gasteiger partial charge in [0, 0.05) is 5.56 Å². The number of anilines is 1. The molecule has 3 rings (SSSR count). The molecular weight excluding hydrogens is 312 g/mol. The molecule has 7 heteroatoms. The predicted molar refractivity (Wildman–Crippen MR) is 87.3 cm³/mol. The lowest BCUT2D eigenvalue weighted by atomic mass is 9.89. The predicted octanol–water partition coefficient (Wildman–Crippen LogP) is 0.665. The molecule has 1 saturated heterocycles. The van der Waals surface area contributed by atoms with Gasteiger partial charge >= 0.3 is 0 Å². The third-order valence-electron chi connectivity index (χ3n) is 4.31. The number of ether oxygens (including phenoxy) is 1. The number of hydrogen-bond donors (Lipinski definition) is 1. The van der Waals surface area contributed by atoms with Crippen LogP contribution in [0.5, 0.6) is 0 Å². The number of primary amides is 1. The topological polar surface area (TPSA) is 93.5 Å². The highest BCUT2D eigenvalue weighted by molar-refractivity contribution is 7.99. The third kappa shape index (κ3) is 3.43. The van der Waals surface area contributed by atoms with Crippen molar-refractivity contribution in [3.8, 4) is 6.07 Å². The van der Waals surface area contributed by atoms with Crippen LogP contribution in [0.2, 0.25) is 0 Å². The first-order chi connectivity index (χ1) is 11.2. The van der Waals surface area contributed by atoms with E-state index in [1.807, 2.05) is 0 Å². The van der Waals surface area contributed by atoms with Crippen molar-refractivity contribution in [1.82, 2.24) is 0 Å². The van der Waals surface area contributed by atoms with E-state index in [1.54, 1.807) is 0 Å². The number of carbonyl (C=O) groups is 1. The largest absolute Gasteiger partial charge is 0.373 e. The van der Waals surface area contributed by atoms with Gasteiger partial charge in [-0.1, -0.05) is 11.8 Å². The molecule has 0 radical (unpaired) electrons. The first-order valence-corrected chi connectivity index (χ1v) is 8.94. The van der Waals surface area contributed by atoms with Crippen LogP contribution in [0.1, 0.15) is 29.5 Å². The summed E-state index contributed by atoms with van der Waals surface area (Å²) in [5, 5.41) is 10.4. The van der Waals surface area contributed by atoms with Crippen molar-refractivity contribution in [3.05, 3.63) is 16.7 Å². The minimum absolute atomic E-state index is 0.173. The van der Waals surface area contributed by atoms with Gasteiger partial charge < -0.3 is 10.5 Å². The highest BCUT2D eigenvalue weighted by Crippen LogP contribution is 2.33. The smallest absolute Gasteiger partial charge is 0.278 e. The molecule has 0 unspecified atom stereocenters. The third-order valence-corrected chi connectivity index (χ3v) is 5.34. The Hall–Kier alpha value is -1.78. The number of hydrogen-bond acceptors (Lipinski definition) is 5. The van der Waals surface area contributed by atoms with Crippen molar-refractivity contribution < 1.29 is 14.5 Å². The molecule has 2 aliphatic rings. The molecule has 0 atom stereocenters. The molecule has 1 aromatic heterocycles. The molecule has 0 saturated carbocycles. The molecule has 0 spiro atoms. The highest BCUT2D eigenvalue weighted by atomic mass is 32.2. The van der Waals surface area contributed by atoms with Crippen LogP contribution in [0.25, 0.3) is 0 Å². The number of carbonyl (C=O) groups excluding carboxylic acids is 1. The summed E-state index contributed by atoms with van der Waals surface area (Å²) in [7, 11) is 0. The van der Waals surface area contributed by atoms with Crippen LogP contribution in [0.15, 0.2) is 5.03 Å². The zero-order valence-corrected chi connectivity index (χ0v) is 13.9. The fraction of sp³-hybridized carbons (Fsp3) is 0.562. The number of nitrogens with two attached hydrogens (primary N) is 1. The molecule has 122 valence electrons.